The van der Waals surface area contributed by atoms with Crippen LogP contribution in [0.1, 0.15) is 27.6 Å². The Morgan fingerprint density at radius 2 is 1.74 bits per heavy atom. The van der Waals surface area contributed by atoms with Gasteiger partial charge in [0.25, 0.3) is 5.91 Å². The van der Waals surface area contributed by atoms with Gasteiger partial charge in [-0.1, -0.05) is 29.5 Å². The van der Waals surface area contributed by atoms with E-state index in [1.165, 1.54) is 18.3 Å². The van der Waals surface area contributed by atoms with Crippen molar-refractivity contribution in [3.8, 4) is 0 Å². The summed E-state index contributed by atoms with van der Waals surface area (Å²) in [7, 11) is 1.88. The van der Waals surface area contributed by atoms with E-state index in [2.05, 4.69) is 20.9 Å². The van der Waals surface area contributed by atoms with Crippen molar-refractivity contribution in [3.05, 3.63) is 62.9 Å². The molecule has 0 N–H and O–H groups in total. The second-order valence-electron chi connectivity index (χ2n) is 5.08. The number of nitrogens with zero attached hydrogens (tertiary/aromatic N) is 2. The molecule has 3 rings (SSSR count). The largest absolute Gasteiger partial charge is 0.318 e. The van der Waals surface area contributed by atoms with Gasteiger partial charge in [-0.2, -0.15) is 4.99 Å². The number of para-hydroxylation sites is 1. The van der Waals surface area contributed by atoms with Crippen molar-refractivity contribution in [2.24, 2.45) is 12.0 Å². The van der Waals surface area contributed by atoms with Crippen LogP contribution in [-0.4, -0.2) is 16.3 Å². The van der Waals surface area contributed by atoms with Gasteiger partial charge in [0.15, 0.2) is 10.6 Å². The Morgan fingerprint density at radius 3 is 2.35 bits per heavy atom. The fourth-order valence-corrected chi connectivity index (χ4v) is 4.07. The summed E-state index contributed by atoms with van der Waals surface area (Å²) in [5, 5.41) is 0. The molecule has 2 aromatic carbocycles. The first-order chi connectivity index (χ1) is 11.0. The van der Waals surface area contributed by atoms with E-state index in [0.29, 0.717) is 15.9 Å². The number of carbonyl (C=O) groups excluding carboxylic acids is 2. The highest BCUT2D eigenvalue weighted by Crippen LogP contribution is 2.24. The fourth-order valence-electron chi connectivity index (χ4n) is 2.26. The summed E-state index contributed by atoms with van der Waals surface area (Å²) in [6.45, 7) is 1.50. The smallest absolute Gasteiger partial charge is 0.279 e. The van der Waals surface area contributed by atoms with Gasteiger partial charge in [0, 0.05) is 22.6 Å². The third kappa shape index (κ3) is 3.04. The molecule has 3 aromatic rings. The number of amides is 1. The first-order valence-electron chi connectivity index (χ1n) is 6.91. The van der Waals surface area contributed by atoms with Crippen LogP contribution in [0.3, 0.4) is 0 Å². The standard InChI is InChI=1S/C17H13BrN2O2S/c1-10(21)11-6-8-12(9-7-11)16(22)19-17-20(2)15-13(18)4-3-5-14(15)23-17/h3-9H,1-2H3. The highest BCUT2D eigenvalue weighted by molar-refractivity contribution is 9.10. The molecule has 1 amide bonds. The van der Waals surface area contributed by atoms with Crippen LogP contribution in [0, 0.1) is 0 Å². The maximum atomic E-state index is 12.3. The Bertz CT molecular complexity index is 984. The van der Waals surface area contributed by atoms with Crippen LogP contribution in [0.2, 0.25) is 0 Å². The normalized spacial score (nSPS) is 11.9. The summed E-state index contributed by atoms with van der Waals surface area (Å²) in [6.07, 6.45) is 0. The Labute approximate surface area is 145 Å². The molecule has 0 radical (unpaired) electrons. The minimum atomic E-state index is -0.321. The van der Waals surface area contributed by atoms with Gasteiger partial charge >= 0.3 is 0 Å². The summed E-state index contributed by atoms with van der Waals surface area (Å²) in [4.78, 5) is 28.5. The number of carbonyl (C=O) groups is 2. The molecular weight excluding hydrogens is 376 g/mol. The predicted molar refractivity (Wildman–Crippen MR) is 94.8 cm³/mol. The summed E-state index contributed by atoms with van der Waals surface area (Å²) in [6, 6.07) is 12.5. The quantitative estimate of drug-likeness (QED) is 0.624. The molecule has 0 aliphatic carbocycles. The Kier molecular flexibility index (Phi) is 4.28. The van der Waals surface area contributed by atoms with E-state index in [9.17, 15) is 9.59 Å². The topological polar surface area (TPSA) is 51.4 Å². The number of aromatic nitrogens is 1. The molecular formula is C17H13BrN2O2S. The molecule has 6 heteroatoms. The zero-order valence-electron chi connectivity index (χ0n) is 12.5. The summed E-state index contributed by atoms with van der Waals surface area (Å²) >= 11 is 4.98. The van der Waals surface area contributed by atoms with Gasteiger partial charge in [0.1, 0.15) is 0 Å². The molecule has 0 bridgehead atoms. The van der Waals surface area contributed by atoms with Gasteiger partial charge < -0.3 is 4.57 Å². The van der Waals surface area contributed by atoms with Gasteiger partial charge in [-0.15, -0.1) is 0 Å². The lowest BCUT2D eigenvalue weighted by atomic mass is 10.1. The maximum Gasteiger partial charge on any atom is 0.279 e. The summed E-state index contributed by atoms with van der Waals surface area (Å²) in [5.41, 5.74) is 2.06. The van der Waals surface area contributed by atoms with Crippen LogP contribution in [-0.2, 0) is 7.05 Å². The number of halogens is 1. The highest BCUT2D eigenvalue weighted by Gasteiger charge is 2.09. The summed E-state index contributed by atoms with van der Waals surface area (Å²) < 4.78 is 3.92. The lowest BCUT2D eigenvalue weighted by molar-refractivity contribution is 0.0991. The Hall–Kier alpha value is -2.05. The number of rotatable bonds is 2. The number of fused-ring (bicyclic) bond motifs is 1. The van der Waals surface area contributed by atoms with Crippen molar-refractivity contribution < 1.29 is 9.59 Å². The Morgan fingerprint density at radius 1 is 1.09 bits per heavy atom. The molecule has 0 unspecified atom stereocenters. The van der Waals surface area contributed by atoms with E-state index >= 15 is 0 Å². The highest BCUT2D eigenvalue weighted by atomic mass is 79.9. The number of hydrogen-bond donors (Lipinski definition) is 0. The SMILES string of the molecule is CC(=O)c1ccc(C(=O)N=c2sc3cccc(Br)c3n2C)cc1. The lowest BCUT2D eigenvalue weighted by Gasteiger charge is -1.99. The molecule has 0 atom stereocenters. The van der Waals surface area contributed by atoms with Crippen molar-refractivity contribution in [3.63, 3.8) is 0 Å². The van der Waals surface area contributed by atoms with E-state index < -0.39 is 0 Å². The second-order valence-corrected chi connectivity index (χ2v) is 6.94. The lowest BCUT2D eigenvalue weighted by Crippen LogP contribution is -2.13. The number of aryl methyl sites for hydroxylation is 1. The van der Waals surface area contributed by atoms with E-state index in [0.717, 1.165) is 14.7 Å². The van der Waals surface area contributed by atoms with Crippen LogP contribution in [0.4, 0.5) is 0 Å². The molecule has 0 aliphatic rings. The van der Waals surface area contributed by atoms with Crippen LogP contribution in [0.5, 0.6) is 0 Å². The monoisotopic (exact) mass is 388 g/mol. The van der Waals surface area contributed by atoms with Gasteiger partial charge in [0.05, 0.1) is 10.2 Å². The van der Waals surface area contributed by atoms with Crippen molar-refractivity contribution in [1.82, 2.24) is 4.57 Å². The molecule has 0 fully saturated rings. The van der Waals surface area contributed by atoms with Crippen LogP contribution >= 0.6 is 27.3 Å². The number of hydrogen-bond acceptors (Lipinski definition) is 3. The second kappa shape index (κ2) is 6.22. The molecule has 4 nitrogen and oxygen atoms in total. The molecule has 116 valence electrons. The molecule has 0 saturated heterocycles. The van der Waals surface area contributed by atoms with Crippen LogP contribution < -0.4 is 4.80 Å². The molecule has 0 saturated carbocycles. The number of benzene rings is 2. The molecule has 1 aromatic heterocycles. The van der Waals surface area contributed by atoms with E-state index in [1.807, 2.05) is 29.8 Å². The number of thiazole rings is 1. The van der Waals surface area contributed by atoms with Crippen molar-refractivity contribution in [1.29, 1.82) is 0 Å². The van der Waals surface area contributed by atoms with Crippen molar-refractivity contribution in [2.75, 3.05) is 0 Å². The van der Waals surface area contributed by atoms with Crippen molar-refractivity contribution >= 4 is 49.2 Å². The molecule has 23 heavy (non-hydrogen) atoms. The van der Waals surface area contributed by atoms with E-state index in [-0.39, 0.29) is 11.7 Å². The summed E-state index contributed by atoms with van der Waals surface area (Å²) in [5.74, 6) is -0.347. The minimum Gasteiger partial charge on any atom is -0.318 e. The fraction of sp³-hybridized carbons (Fsp3) is 0.118. The zero-order valence-corrected chi connectivity index (χ0v) is 14.9. The number of Topliss-reactive ketones (excluding diaryl/α,β-unsaturated/α-hetero) is 1. The average Bonchev–Trinajstić information content (AvgIpc) is 2.85. The van der Waals surface area contributed by atoms with Gasteiger partial charge in [-0.05, 0) is 47.1 Å². The molecule has 1 heterocycles. The van der Waals surface area contributed by atoms with Crippen molar-refractivity contribution in [2.45, 2.75) is 6.92 Å². The third-order valence-electron chi connectivity index (χ3n) is 3.51. The van der Waals surface area contributed by atoms with Crippen LogP contribution in [0.25, 0.3) is 10.2 Å². The average molecular weight is 389 g/mol. The molecule has 0 spiro atoms. The molecule has 0 aliphatic heterocycles. The predicted octanol–water partition coefficient (Wildman–Crippen LogP) is 3.95. The first-order valence-corrected chi connectivity index (χ1v) is 8.52. The van der Waals surface area contributed by atoms with E-state index in [4.69, 9.17) is 0 Å². The van der Waals surface area contributed by atoms with Gasteiger partial charge in [-0.25, -0.2) is 0 Å². The van der Waals surface area contributed by atoms with Gasteiger partial charge in [0.2, 0.25) is 0 Å². The minimum absolute atomic E-state index is 0.0262. The number of ketones is 1. The first kappa shape index (κ1) is 15.8. The van der Waals surface area contributed by atoms with E-state index in [1.54, 1.807) is 24.3 Å². The third-order valence-corrected chi connectivity index (χ3v) is 5.25. The Balaban J connectivity index is 2.04. The zero-order chi connectivity index (χ0) is 16.6. The van der Waals surface area contributed by atoms with Crippen LogP contribution in [0.15, 0.2) is 51.9 Å². The maximum absolute atomic E-state index is 12.3. The van der Waals surface area contributed by atoms with Gasteiger partial charge in [-0.3, -0.25) is 9.59 Å².